The minimum Gasteiger partial charge on any atom is -0.383 e. The smallest absolute Gasteiger partial charge is 0.0657 e. The largest absolute Gasteiger partial charge is 0.383 e. The molecule has 2 nitrogen and oxygen atoms in total. The molecular formula is C17H20BrNO. The lowest BCUT2D eigenvalue weighted by Gasteiger charge is -2.24. The Morgan fingerprint density at radius 2 is 1.70 bits per heavy atom. The maximum atomic E-state index is 5.35. The summed E-state index contributed by atoms with van der Waals surface area (Å²) < 4.78 is 6.48. The third-order valence-corrected chi connectivity index (χ3v) is 4.08. The molecule has 0 aliphatic rings. The highest BCUT2D eigenvalue weighted by atomic mass is 79.9. The maximum absolute atomic E-state index is 5.35. The fourth-order valence-electron chi connectivity index (χ4n) is 2.31. The second kappa shape index (κ2) is 7.58. The Bertz CT molecular complexity index is 530. The van der Waals surface area contributed by atoms with Gasteiger partial charge in [-0.3, -0.25) is 0 Å². The number of ether oxygens (including phenoxy) is 1. The van der Waals surface area contributed by atoms with Crippen molar-refractivity contribution in [3.8, 4) is 0 Å². The van der Waals surface area contributed by atoms with Crippen LogP contribution in [0.25, 0.3) is 0 Å². The molecule has 3 heteroatoms. The van der Waals surface area contributed by atoms with Gasteiger partial charge in [0.2, 0.25) is 0 Å². The lowest BCUT2D eigenvalue weighted by atomic mass is 10.0. The van der Waals surface area contributed by atoms with Crippen molar-refractivity contribution in [3.05, 3.63) is 70.2 Å². The molecule has 0 aliphatic carbocycles. The van der Waals surface area contributed by atoms with Crippen molar-refractivity contribution in [3.63, 3.8) is 0 Å². The molecule has 0 aromatic heterocycles. The first kappa shape index (κ1) is 15.2. The predicted octanol–water partition coefficient (Wildman–Crippen LogP) is 4.49. The number of nitrogens with one attached hydrogen (secondary N) is 1. The third kappa shape index (κ3) is 3.92. The highest BCUT2D eigenvalue weighted by Gasteiger charge is 2.16. The fourth-order valence-corrected chi connectivity index (χ4v) is 2.94. The first-order chi connectivity index (χ1) is 9.72. The van der Waals surface area contributed by atoms with E-state index in [1.165, 1.54) is 11.1 Å². The van der Waals surface area contributed by atoms with E-state index < -0.39 is 0 Å². The number of hydrogen-bond donors (Lipinski definition) is 1. The van der Waals surface area contributed by atoms with Gasteiger partial charge in [0.25, 0.3) is 0 Å². The summed E-state index contributed by atoms with van der Waals surface area (Å²) in [6.07, 6.45) is 0. The van der Waals surface area contributed by atoms with Gasteiger partial charge in [-0.2, -0.15) is 0 Å². The molecule has 0 fully saturated rings. The summed E-state index contributed by atoms with van der Waals surface area (Å²) >= 11 is 3.61. The molecule has 0 aliphatic heterocycles. The number of benzene rings is 2. The molecule has 2 rings (SSSR count). The zero-order valence-electron chi connectivity index (χ0n) is 11.8. The van der Waals surface area contributed by atoms with Crippen LogP contribution in [0.2, 0.25) is 0 Å². The molecule has 0 saturated heterocycles. The number of methoxy groups -OCH3 is 1. The minimum absolute atomic E-state index is 0.184. The van der Waals surface area contributed by atoms with Gasteiger partial charge in [-0.05, 0) is 24.1 Å². The Morgan fingerprint density at radius 1 is 1.05 bits per heavy atom. The van der Waals surface area contributed by atoms with Gasteiger partial charge in [0.15, 0.2) is 0 Å². The van der Waals surface area contributed by atoms with E-state index in [2.05, 4.69) is 70.6 Å². The first-order valence-corrected chi connectivity index (χ1v) is 7.56. The Kier molecular flexibility index (Phi) is 5.77. The standard InChI is InChI=1S/C17H20BrNO/c1-13(15-10-6-7-11-16(15)18)19-17(12-20-2)14-8-4-3-5-9-14/h3-11,13,17,19H,12H2,1-2H3/t13-,17?/m0/s1. The number of rotatable bonds is 6. The minimum atomic E-state index is 0.184. The van der Waals surface area contributed by atoms with Crippen molar-refractivity contribution in [1.29, 1.82) is 0 Å². The fraction of sp³-hybridized carbons (Fsp3) is 0.294. The van der Waals surface area contributed by atoms with Gasteiger partial charge >= 0.3 is 0 Å². The molecule has 2 aromatic carbocycles. The Morgan fingerprint density at radius 3 is 2.35 bits per heavy atom. The van der Waals surface area contributed by atoms with E-state index in [4.69, 9.17) is 4.74 Å². The van der Waals surface area contributed by atoms with Crippen LogP contribution in [0.5, 0.6) is 0 Å². The van der Waals surface area contributed by atoms with Crippen molar-refractivity contribution in [2.45, 2.75) is 19.0 Å². The molecule has 0 spiro atoms. The van der Waals surface area contributed by atoms with Crippen LogP contribution in [-0.4, -0.2) is 13.7 Å². The number of halogens is 1. The van der Waals surface area contributed by atoms with Crippen LogP contribution < -0.4 is 5.32 Å². The summed E-state index contributed by atoms with van der Waals surface area (Å²) in [7, 11) is 1.74. The zero-order chi connectivity index (χ0) is 14.4. The molecule has 2 aromatic rings. The molecule has 2 atom stereocenters. The van der Waals surface area contributed by atoms with E-state index in [1.54, 1.807) is 7.11 Å². The van der Waals surface area contributed by atoms with Gasteiger partial charge < -0.3 is 10.1 Å². The summed E-state index contributed by atoms with van der Waals surface area (Å²) in [6, 6.07) is 19.1. The average Bonchev–Trinajstić information content (AvgIpc) is 2.48. The van der Waals surface area contributed by atoms with E-state index >= 15 is 0 Å². The van der Waals surface area contributed by atoms with Crippen molar-refractivity contribution in [2.75, 3.05) is 13.7 Å². The van der Waals surface area contributed by atoms with Gasteiger partial charge in [0, 0.05) is 17.6 Å². The maximum Gasteiger partial charge on any atom is 0.0657 e. The van der Waals surface area contributed by atoms with Crippen LogP contribution in [0.15, 0.2) is 59.1 Å². The molecule has 0 radical (unpaired) electrons. The zero-order valence-corrected chi connectivity index (χ0v) is 13.4. The first-order valence-electron chi connectivity index (χ1n) is 6.76. The molecule has 0 bridgehead atoms. The molecule has 106 valence electrons. The normalized spacial score (nSPS) is 13.9. The molecule has 0 amide bonds. The summed E-state index contributed by atoms with van der Waals surface area (Å²) in [6.45, 7) is 2.82. The summed E-state index contributed by atoms with van der Waals surface area (Å²) in [5.74, 6) is 0. The molecule has 1 unspecified atom stereocenters. The molecule has 20 heavy (non-hydrogen) atoms. The van der Waals surface area contributed by atoms with Crippen molar-refractivity contribution >= 4 is 15.9 Å². The molecule has 1 N–H and O–H groups in total. The quantitative estimate of drug-likeness (QED) is 0.841. The second-order valence-corrected chi connectivity index (χ2v) is 5.68. The SMILES string of the molecule is COCC(N[C@@H](C)c1ccccc1Br)c1ccccc1. The van der Waals surface area contributed by atoms with Crippen molar-refractivity contribution in [2.24, 2.45) is 0 Å². The summed E-state index contributed by atoms with van der Waals surface area (Å²) in [4.78, 5) is 0. The van der Waals surface area contributed by atoms with Crippen molar-refractivity contribution < 1.29 is 4.74 Å². The van der Waals surface area contributed by atoms with E-state index in [0.29, 0.717) is 6.61 Å². The van der Waals surface area contributed by atoms with Crippen LogP contribution >= 0.6 is 15.9 Å². The highest BCUT2D eigenvalue weighted by Crippen LogP contribution is 2.25. The Balaban J connectivity index is 2.14. The van der Waals surface area contributed by atoms with Crippen LogP contribution in [0.1, 0.15) is 30.1 Å². The second-order valence-electron chi connectivity index (χ2n) is 4.83. The predicted molar refractivity (Wildman–Crippen MR) is 86.8 cm³/mol. The van der Waals surface area contributed by atoms with Crippen LogP contribution in [0.4, 0.5) is 0 Å². The van der Waals surface area contributed by atoms with Crippen LogP contribution in [-0.2, 0) is 4.74 Å². The lowest BCUT2D eigenvalue weighted by Crippen LogP contribution is -2.28. The summed E-state index contributed by atoms with van der Waals surface area (Å²) in [5, 5.41) is 3.64. The monoisotopic (exact) mass is 333 g/mol. The van der Waals surface area contributed by atoms with Crippen LogP contribution in [0, 0.1) is 0 Å². The third-order valence-electron chi connectivity index (χ3n) is 3.36. The highest BCUT2D eigenvalue weighted by molar-refractivity contribution is 9.10. The van der Waals surface area contributed by atoms with Crippen LogP contribution in [0.3, 0.4) is 0 Å². The van der Waals surface area contributed by atoms with Gasteiger partial charge in [0.1, 0.15) is 0 Å². The van der Waals surface area contributed by atoms with E-state index in [0.717, 1.165) is 4.47 Å². The molecule has 0 heterocycles. The molecule has 0 saturated carbocycles. The van der Waals surface area contributed by atoms with Gasteiger partial charge in [-0.25, -0.2) is 0 Å². The summed E-state index contributed by atoms with van der Waals surface area (Å²) in [5.41, 5.74) is 2.50. The average molecular weight is 334 g/mol. The Hall–Kier alpha value is -1.16. The Labute approximate surface area is 129 Å². The molecular weight excluding hydrogens is 314 g/mol. The van der Waals surface area contributed by atoms with Gasteiger partial charge in [0.05, 0.1) is 12.6 Å². The van der Waals surface area contributed by atoms with E-state index in [9.17, 15) is 0 Å². The lowest BCUT2D eigenvalue weighted by molar-refractivity contribution is 0.162. The van der Waals surface area contributed by atoms with E-state index in [-0.39, 0.29) is 12.1 Å². The van der Waals surface area contributed by atoms with Gasteiger partial charge in [-0.1, -0.05) is 64.5 Å². The van der Waals surface area contributed by atoms with E-state index in [1.807, 2.05) is 12.1 Å². The topological polar surface area (TPSA) is 21.3 Å². The van der Waals surface area contributed by atoms with Crippen molar-refractivity contribution in [1.82, 2.24) is 5.32 Å². The van der Waals surface area contributed by atoms with Gasteiger partial charge in [-0.15, -0.1) is 0 Å². The number of hydrogen-bond acceptors (Lipinski definition) is 2.